The van der Waals surface area contributed by atoms with Gasteiger partial charge in [-0.3, -0.25) is 14.4 Å². The number of carbonyl (C=O) groups excluding carboxylic acids is 4. The average Bonchev–Trinajstić information content (AvgIpc) is 2.68. The molecule has 2 amide bonds. The van der Waals surface area contributed by atoms with Gasteiger partial charge in [-0.2, -0.15) is 0 Å². The first kappa shape index (κ1) is 23.3. The van der Waals surface area contributed by atoms with E-state index < -0.39 is 0 Å². The largest absolute Gasteiger partial charge is 0.383 e. The molecule has 1 unspecified atom stereocenters. The lowest BCUT2D eigenvalue weighted by molar-refractivity contribution is -0.109. The van der Waals surface area contributed by atoms with Gasteiger partial charge < -0.3 is 26.1 Å². The van der Waals surface area contributed by atoms with Gasteiger partial charge in [-0.15, -0.1) is 0 Å². The zero-order valence-corrected chi connectivity index (χ0v) is 15.5. The van der Waals surface area contributed by atoms with Gasteiger partial charge in [0.1, 0.15) is 6.29 Å². The summed E-state index contributed by atoms with van der Waals surface area (Å²) in [6.45, 7) is 2.80. The van der Waals surface area contributed by atoms with Gasteiger partial charge in [0.15, 0.2) is 6.29 Å². The number of benzene rings is 1. The molecular weight excluding hydrogens is 336 g/mol. The molecule has 1 aromatic carbocycles. The normalized spacial score (nSPS) is 10.6. The van der Waals surface area contributed by atoms with Gasteiger partial charge in [-0.1, -0.05) is 12.1 Å². The van der Waals surface area contributed by atoms with E-state index in [2.05, 4.69) is 10.6 Å². The molecule has 4 N–H and O–H groups in total. The van der Waals surface area contributed by atoms with E-state index in [0.717, 1.165) is 6.29 Å². The average molecular weight is 364 g/mol. The highest BCUT2D eigenvalue weighted by molar-refractivity contribution is 6.06. The number of amides is 2. The number of nitrogens with two attached hydrogens (primary N) is 1. The van der Waals surface area contributed by atoms with Crippen LogP contribution in [-0.4, -0.2) is 63.0 Å². The third-order valence-corrected chi connectivity index (χ3v) is 3.70. The van der Waals surface area contributed by atoms with Crippen LogP contribution in [0.1, 0.15) is 40.5 Å². The van der Waals surface area contributed by atoms with Gasteiger partial charge in [-0.05, 0) is 19.4 Å². The number of carbonyl (C=O) groups is 4. The third-order valence-electron chi connectivity index (χ3n) is 3.70. The van der Waals surface area contributed by atoms with Crippen molar-refractivity contribution >= 4 is 30.6 Å². The predicted molar refractivity (Wildman–Crippen MR) is 101 cm³/mol. The fourth-order valence-corrected chi connectivity index (χ4v) is 2.14. The van der Waals surface area contributed by atoms with Crippen LogP contribution in [0, 0.1) is 0 Å². The number of aldehydes is 2. The van der Waals surface area contributed by atoms with E-state index in [1.54, 1.807) is 37.2 Å². The maximum Gasteiger partial charge on any atom is 0.256 e. The van der Waals surface area contributed by atoms with Gasteiger partial charge in [-0.25, -0.2) is 0 Å². The van der Waals surface area contributed by atoms with Crippen molar-refractivity contribution in [2.45, 2.75) is 25.8 Å². The Kier molecular flexibility index (Phi) is 12.1. The zero-order valence-electron chi connectivity index (χ0n) is 15.5. The van der Waals surface area contributed by atoms with Crippen molar-refractivity contribution in [2.75, 3.05) is 32.5 Å². The molecule has 26 heavy (non-hydrogen) atoms. The van der Waals surface area contributed by atoms with Crippen molar-refractivity contribution in [1.82, 2.24) is 10.2 Å². The molecule has 0 saturated carbocycles. The summed E-state index contributed by atoms with van der Waals surface area (Å²) in [6.07, 6.45) is 3.11. The van der Waals surface area contributed by atoms with E-state index in [1.807, 2.05) is 6.92 Å². The molecule has 1 atom stereocenters. The van der Waals surface area contributed by atoms with Crippen molar-refractivity contribution in [2.24, 2.45) is 5.73 Å². The van der Waals surface area contributed by atoms with Crippen LogP contribution in [-0.2, 0) is 9.59 Å². The number of hydrogen-bond donors (Lipinski definition) is 3. The maximum absolute atomic E-state index is 12.7. The summed E-state index contributed by atoms with van der Waals surface area (Å²) >= 11 is 0. The van der Waals surface area contributed by atoms with Gasteiger partial charge in [0, 0.05) is 50.9 Å². The van der Waals surface area contributed by atoms with Gasteiger partial charge in [0.05, 0.1) is 5.56 Å². The van der Waals surface area contributed by atoms with Crippen LogP contribution < -0.4 is 16.4 Å². The first-order valence-electron chi connectivity index (χ1n) is 8.32. The minimum absolute atomic E-state index is 0.0974. The highest BCUT2D eigenvalue weighted by Gasteiger charge is 2.22. The van der Waals surface area contributed by atoms with Crippen molar-refractivity contribution in [3.05, 3.63) is 29.3 Å². The molecule has 0 aromatic heterocycles. The Labute approximate surface area is 154 Å². The molecule has 8 heteroatoms. The van der Waals surface area contributed by atoms with Crippen LogP contribution >= 0.6 is 0 Å². The van der Waals surface area contributed by atoms with E-state index in [1.165, 1.54) is 0 Å². The first-order valence-corrected chi connectivity index (χ1v) is 8.32. The second-order valence-electron chi connectivity index (χ2n) is 5.52. The topological polar surface area (TPSA) is 122 Å². The molecule has 0 aliphatic heterocycles. The minimum atomic E-state index is -0.249. The lowest BCUT2D eigenvalue weighted by atomic mass is 10.0. The molecule has 1 aromatic rings. The molecule has 144 valence electrons. The Bertz CT molecular complexity index is 593. The van der Waals surface area contributed by atoms with Crippen LogP contribution in [0.25, 0.3) is 0 Å². The minimum Gasteiger partial charge on any atom is -0.383 e. The Balaban J connectivity index is 0.00000141. The number of anilines is 1. The molecule has 0 bridgehead atoms. The number of nitrogens with one attached hydrogen (secondary N) is 2. The molecule has 0 heterocycles. The Hall–Kier alpha value is -2.74. The van der Waals surface area contributed by atoms with E-state index in [0.29, 0.717) is 55.4 Å². The fraction of sp³-hybridized carbons (Fsp3) is 0.444. The van der Waals surface area contributed by atoms with Crippen molar-refractivity contribution < 1.29 is 19.2 Å². The number of hydrogen-bond acceptors (Lipinski definition) is 6. The Morgan fingerprint density at radius 2 is 1.96 bits per heavy atom. The van der Waals surface area contributed by atoms with Gasteiger partial charge >= 0.3 is 0 Å². The quantitative estimate of drug-likeness (QED) is 0.525. The second kappa shape index (κ2) is 13.5. The molecule has 1 rings (SSSR count). The fourth-order valence-electron chi connectivity index (χ4n) is 2.14. The smallest absolute Gasteiger partial charge is 0.256 e. The zero-order chi connectivity index (χ0) is 19.9. The predicted octanol–water partition coefficient (Wildman–Crippen LogP) is 0.672. The lowest BCUT2D eigenvalue weighted by Crippen LogP contribution is -2.36. The third kappa shape index (κ3) is 7.43. The lowest BCUT2D eigenvalue weighted by Gasteiger charge is -2.26. The molecule has 0 aliphatic carbocycles. The van der Waals surface area contributed by atoms with E-state index in [-0.39, 0.29) is 11.9 Å². The van der Waals surface area contributed by atoms with Gasteiger partial charge in [0.2, 0.25) is 6.41 Å². The molecule has 0 aliphatic rings. The summed E-state index contributed by atoms with van der Waals surface area (Å²) in [6, 6.07) is 4.98. The number of rotatable bonds is 10. The molecule has 0 saturated heterocycles. The number of nitrogens with zero attached hydrogens (tertiary/aromatic N) is 1. The maximum atomic E-state index is 12.7. The van der Waals surface area contributed by atoms with Crippen LogP contribution in [0.5, 0.6) is 0 Å². The SMILES string of the molecule is CC(CCC=O)N(C)C(=O)c1c(C=O)cccc1NCCN.CNC=O. The van der Waals surface area contributed by atoms with Crippen LogP contribution in [0.4, 0.5) is 5.69 Å². The second-order valence-corrected chi connectivity index (χ2v) is 5.52. The molecule has 0 fully saturated rings. The van der Waals surface area contributed by atoms with Crippen LogP contribution in [0.15, 0.2) is 18.2 Å². The monoisotopic (exact) mass is 364 g/mol. The van der Waals surface area contributed by atoms with Crippen molar-refractivity contribution in [3.63, 3.8) is 0 Å². The summed E-state index contributed by atoms with van der Waals surface area (Å²) in [5.41, 5.74) is 6.74. The van der Waals surface area contributed by atoms with E-state index in [4.69, 9.17) is 10.5 Å². The van der Waals surface area contributed by atoms with E-state index in [9.17, 15) is 14.4 Å². The van der Waals surface area contributed by atoms with E-state index >= 15 is 0 Å². The summed E-state index contributed by atoms with van der Waals surface area (Å²) in [5, 5.41) is 5.32. The highest BCUT2D eigenvalue weighted by atomic mass is 16.2. The molecular formula is C18H28N4O4. The Morgan fingerprint density at radius 1 is 1.31 bits per heavy atom. The van der Waals surface area contributed by atoms with Gasteiger partial charge in [0.25, 0.3) is 5.91 Å². The van der Waals surface area contributed by atoms with Crippen LogP contribution in [0.2, 0.25) is 0 Å². The highest BCUT2D eigenvalue weighted by Crippen LogP contribution is 2.22. The first-order chi connectivity index (χ1) is 12.5. The molecule has 0 spiro atoms. The summed E-state index contributed by atoms with van der Waals surface area (Å²) in [7, 11) is 3.24. The standard InChI is InChI=1S/C16H23N3O3.C2H5NO/c1-12(5-4-10-20)19(2)16(22)15-13(11-21)6-3-7-14(15)18-9-8-17;1-3-2-4/h3,6-7,10-12,18H,4-5,8-9,17H2,1-2H3;2H,1H3,(H,3,4). The summed E-state index contributed by atoms with van der Waals surface area (Å²) in [5.74, 6) is -0.249. The molecule has 0 radical (unpaired) electrons. The van der Waals surface area contributed by atoms with Crippen molar-refractivity contribution in [1.29, 1.82) is 0 Å². The summed E-state index contributed by atoms with van der Waals surface area (Å²) in [4.78, 5) is 45.1. The van der Waals surface area contributed by atoms with Crippen molar-refractivity contribution in [3.8, 4) is 0 Å². The molecule has 8 nitrogen and oxygen atoms in total. The Morgan fingerprint density at radius 3 is 2.46 bits per heavy atom. The summed E-state index contributed by atoms with van der Waals surface area (Å²) < 4.78 is 0. The van der Waals surface area contributed by atoms with Crippen LogP contribution in [0.3, 0.4) is 0 Å².